The smallest absolute Gasteiger partial charge is 0.270 e. The lowest BCUT2D eigenvalue weighted by Gasteiger charge is -2.14. The Balaban J connectivity index is 1.90. The molecule has 0 aliphatic heterocycles. The largest absolute Gasteiger partial charge is 0.348 e. The highest BCUT2D eigenvalue weighted by atomic mass is 32.1. The van der Waals surface area contributed by atoms with E-state index in [4.69, 9.17) is 12.2 Å². The van der Waals surface area contributed by atoms with Crippen LogP contribution in [-0.2, 0) is 0 Å². The highest BCUT2D eigenvalue weighted by molar-refractivity contribution is 7.71. The third-order valence-corrected chi connectivity index (χ3v) is 4.01. The van der Waals surface area contributed by atoms with E-state index in [1.165, 1.54) is 12.8 Å². The summed E-state index contributed by atoms with van der Waals surface area (Å²) in [6.45, 7) is 2.06. The molecule has 1 aromatic heterocycles. The minimum atomic E-state index is -0.0828. The first-order valence-electron chi connectivity index (χ1n) is 6.83. The first kappa shape index (κ1) is 13.1. The molecule has 0 saturated heterocycles. The molecule has 1 aliphatic rings. The van der Waals surface area contributed by atoms with Crippen molar-refractivity contribution >= 4 is 18.1 Å². The molecule has 0 radical (unpaired) electrons. The summed E-state index contributed by atoms with van der Waals surface area (Å²) in [5.41, 5.74) is 1.44. The van der Waals surface area contributed by atoms with E-state index in [1.807, 2.05) is 30.3 Å². The summed E-state index contributed by atoms with van der Waals surface area (Å²) >= 11 is 5.28. The second kappa shape index (κ2) is 5.25. The molecule has 5 heteroatoms. The van der Waals surface area contributed by atoms with Crippen molar-refractivity contribution in [2.45, 2.75) is 25.8 Å². The lowest BCUT2D eigenvalue weighted by Crippen LogP contribution is -2.35. The molecule has 1 heterocycles. The van der Waals surface area contributed by atoms with Crippen LogP contribution in [0, 0.1) is 10.7 Å². The Morgan fingerprint density at radius 3 is 2.75 bits per heavy atom. The molecule has 0 spiro atoms. The van der Waals surface area contributed by atoms with Gasteiger partial charge < -0.3 is 10.3 Å². The number of carbonyl (C=O) groups is 1. The molecule has 20 heavy (non-hydrogen) atoms. The van der Waals surface area contributed by atoms with E-state index in [9.17, 15) is 4.79 Å². The quantitative estimate of drug-likeness (QED) is 0.849. The zero-order chi connectivity index (χ0) is 14.1. The third-order valence-electron chi connectivity index (χ3n) is 3.71. The monoisotopic (exact) mass is 287 g/mol. The Morgan fingerprint density at radius 1 is 1.40 bits per heavy atom. The van der Waals surface area contributed by atoms with Gasteiger partial charge in [-0.2, -0.15) is 0 Å². The molecule has 1 saturated carbocycles. The molecule has 1 amide bonds. The SMILES string of the molecule is C[C@@H](NC(=O)c1c[nH]c(=S)n1-c1ccccc1)C1CC1. The number of imidazole rings is 1. The van der Waals surface area contributed by atoms with Crippen LogP contribution in [0.4, 0.5) is 0 Å². The maximum absolute atomic E-state index is 12.4. The van der Waals surface area contributed by atoms with Gasteiger partial charge in [0.25, 0.3) is 5.91 Å². The van der Waals surface area contributed by atoms with Gasteiger partial charge in [-0.3, -0.25) is 9.36 Å². The molecule has 0 bridgehead atoms. The Morgan fingerprint density at radius 2 is 2.10 bits per heavy atom. The van der Waals surface area contributed by atoms with Gasteiger partial charge in [-0.25, -0.2) is 0 Å². The highest BCUT2D eigenvalue weighted by Crippen LogP contribution is 2.32. The van der Waals surface area contributed by atoms with E-state index < -0.39 is 0 Å². The second-order valence-electron chi connectivity index (χ2n) is 5.25. The topological polar surface area (TPSA) is 49.8 Å². The van der Waals surface area contributed by atoms with Crippen LogP contribution >= 0.6 is 12.2 Å². The minimum absolute atomic E-state index is 0.0828. The number of H-pyrrole nitrogens is 1. The molecule has 2 aromatic rings. The Hall–Kier alpha value is -1.88. The number of hydrogen-bond acceptors (Lipinski definition) is 2. The Kier molecular flexibility index (Phi) is 3.44. The van der Waals surface area contributed by atoms with Crippen LogP contribution in [0.3, 0.4) is 0 Å². The van der Waals surface area contributed by atoms with Gasteiger partial charge in [0.1, 0.15) is 5.69 Å². The van der Waals surface area contributed by atoms with Crippen molar-refractivity contribution in [1.29, 1.82) is 0 Å². The van der Waals surface area contributed by atoms with Crippen LogP contribution in [-0.4, -0.2) is 21.5 Å². The molecule has 1 atom stereocenters. The fourth-order valence-electron chi connectivity index (χ4n) is 2.36. The summed E-state index contributed by atoms with van der Waals surface area (Å²) < 4.78 is 2.30. The van der Waals surface area contributed by atoms with E-state index in [1.54, 1.807) is 10.8 Å². The minimum Gasteiger partial charge on any atom is -0.348 e. The van der Waals surface area contributed by atoms with Gasteiger partial charge in [-0.05, 0) is 50.0 Å². The summed E-state index contributed by atoms with van der Waals surface area (Å²) in [4.78, 5) is 15.3. The number of nitrogens with one attached hydrogen (secondary N) is 2. The van der Waals surface area contributed by atoms with E-state index >= 15 is 0 Å². The number of aromatic amines is 1. The molecular weight excluding hydrogens is 270 g/mol. The van der Waals surface area contributed by atoms with Crippen molar-refractivity contribution in [3.8, 4) is 5.69 Å². The summed E-state index contributed by atoms with van der Waals surface area (Å²) in [5.74, 6) is 0.548. The maximum atomic E-state index is 12.4. The maximum Gasteiger partial charge on any atom is 0.270 e. The van der Waals surface area contributed by atoms with Crippen LogP contribution in [0.2, 0.25) is 0 Å². The summed E-state index contributed by atoms with van der Waals surface area (Å²) in [6.07, 6.45) is 4.09. The summed E-state index contributed by atoms with van der Waals surface area (Å²) in [6, 6.07) is 9.89. The van der Waals surface area contributed by atoms with Crippen molar-refractivity contribution < 1.29 is 4.79 Å². The standard InChI is InChI=1S/C15H17N3OS/c1-10(11-7-8-11)17-14(19)13-9-16-15(20)18(13)12-5-3-2-4-6-12/h2-6,9-11H,7-8H2,1H3,(H,16,20)(H,17,19)/t10-/m1/s1. The zero-order valence-electron chi connectivity index (χ0n) is 11.3. The zero-order valence-corrected chi connectivity index (χ0v) is 12.1. The lowest BCUT2D eigenvalue weighted by atomic mass is 10.2. The molecule has 1 fully saturated rings. The van der Waals surface area contributed by atoms with Crippen molar-refractivity contribution in [3.05, 3.63) is 47.0 Å². The first-order valence-corrected chi connectivity index (χ1v) is 7.24. The number of aromatic nitrogens is 2. The summed E-state index contributed by atoms with van der Waals surface area (Å²) in [5, 5.41) is 3.06. The molecule has 2 N–H and O–H groups in total. The van der Waals surface area contributed by atoms with E-state index in [2.05, 4.69) is 17.2 Å². The van der Waals surface area contributed by atoms with Crippen LogP contribution in [0.5, 0.6) is 0 Å². The average Bonchev–Trinajstić information content (AvgIpc) is 3.23. The average molecular weight is 287 g/mol. The van der Waals surface area contributed by atoms with Crippen LogP contribution in [0.1, 0.15) is 30.3 Å². The van der Waals surface area contributed by atoms with Crippen LogP contribution < -0.4 is 5.32 Å². The fraction of sp³-hybridized carbons (Fsp3) is 0.333. The number of para-hydroxylation sites is 1. The highest BCUT2D eigenvalue weighted by Gasteiger charge is 2.29. The fourth-order valence-corrected chi connectivity index (χ4v) is 2.63. The third kappa shape index (κ3) is 2.54. The number of carbonyl (C=O) groups excluding carboxylic acids is 1. The molecular formula is C15H17N3OS. The van der Waals surface area contributed by atoms with E-state index in [0.29, 0.717) is 16.4 Å². The number of amides is 1. The number of rotatable bonds is 4. The van der Waals surface area contributed by atoms with Crippen LogP contribution in [0.15, 0.2) is 36.5 Å². The van der Waals surface area contributed by atoms with Gasteiger partial charge in [0.15, 0.2) is 4.77 Å². The van der Waals surface area contributed by atoms with Gasteiger partial charge in [-0.1, -0.05) is 18.2 Å². The van der Waals surface area contributed by atoms with E-state index in [-0.39, 0.29) is 11.9 Å². The van der Waals surface area contributed by atoms with Crippen molar-refractivity contribution in [2.24, 2.45) is 5.92 Å². The molecule has 1 aromatic carbocycles. The Bertz CT molecular complexity index is 670. The normalized spacial score (nSPS) is 15.8. The summed E-state index contributed by atoms with van der Waals surface area (Å²) in [7, 11) is 0. The van der Waals surface area contributed by atoms with Crippen LogP contribution in [0.25, 0.3) is 5.69 Å². The lowest BCUT2D eigenvalue weighted by molar-refractivity contribution is 0.0929. The second-order valence-corrected chi connectivity index (χ2v) is 5.64. The van der Waals surface area contributed by atoms with Gasteiger partial charge in [0.05, 0.1) is 0 Å². The van der Waals surface area contributed by atoms with Crippen molar-refractivity contribution in [3.63, 3.8) is 0 Å². The van der Waals surface area contributed by atoms with Crippen molar-refractivity contribution in [1.82, 2.24) is 14.9 Å². The molecule has 0 unspecified atom stereocenters. The van der Waals surface area contributed by atoms with Gasteiger partial charge in [-0.15, -0.1) is 0 Å². The van der Waals surface area contributed by atoms with Gasteiger partial charge in [0.2, 0.25) is 0 Å². The Labute approximate surface area is 122 Å². The number of nitrogens with zero attached hydrogens (tertiary/aromatic N) is 1. The predicted octanol–water partition coefficient (Wildman–Crippen LogP) is 3.06. The molecule has 4 nitrogen and oxygen atoms in total. The first-order chi connectivity index (χ1) is 9.66. The van der Waals surface area contributed by atoms with E-state index in [0.717, 1.165) is 5.69 Å². The molecule has 3 rings (SSSR count). The van der Waals surface area contributed by atoms with Crippen molar-refractivity contribution in [2.75, 3.05) is 0 Å². The molecule has 1 aliphatic carbocycles. The van der Waals surface area contributed by atoms with Gasteiger partial charge >= 0.3 is 0 Å². The number of benzene rings is 1. The van der Waals surface area contributed by atoms with Gasteiger partial charge in [0, 0.05) is 17.9 Å². The number of hydrogen-bond donors (Lipinski definition) is 2. The predicted molar refractivity (Wildman–Crippen MR) is 80.6 cm³/mol. The molecule has 104 valence electrons.